The Bertz CT molecular complexity index is 881. The molecule has 3 rings (SSSR count). The first-order chi connectivity index (χ1) is 10.8. The average Bonchev–Trinajstić information content (AvgIpc) is 2.48. The highest BCUT2D eigenvalue weighted by atomic mass is 127. The Morgan fingerprint density at radius 2 is 1.74 bits per heavy atom. The summed E-state index contributed by atoms with van der Waals surface area (Å²) in [6.07, 6.45) is 0. The monoisotopic (exact) mass is 435 g/mol. The first-order valence-electron chi connectivity index (χ1n) is 8.00. The summed E-state index contributed by atoms with van der Waals surface area (Å²) < 4.78 is 1.24. The summed E-state index contributed by atoms with van der Waals surface area (Å²) >= 11 is 2.44. The van der Waals surface area contributed by atoms with Gasteiger partial charge in [0.05, 0.1) is 11.0 Å². The lowest BCUT2D eigenvalue weighted by molar-refractivity contribution is 0.476. The van der Waals surface area contributed by atoms with Gasteiger partial charge in [-0.15, -0.1) is 0 Å². The van der Waals surface area contributed by atoms with Crippen molar-refractivity contribution in [1.29, 1.82) is 0 Å². The van der Waals surface area contributed by atoms with E-state index in [1.807, 2.05) is 12.1 Å². The molecule has 1 N–H and O–H groups in total. The molecule has 0 fully saturated rings. The third-order valence-electron chi connectivity index (χ3n) is 5.10. The first kappa shape index (κ1) is 16.7. The molecule has 120 valence electrons. The summed E-state index contributed by atoms with van der Waals surface area (Å²) in [5.74, 6) is 0.335. The molecular weight excluding hydrogens is 413 g/mol. The Morgan fingerprint density at radius 1 is 1.09 bits per heavy atom. The van der Waals surface area contributed by atoms with Crippen LogP contribution in [0.25, 0.3) is 6.58 Å². The van der Waals surface area contributed by atoms with Gasteiger partial charge in [0.1, 0.15) is 13.8 Å². The number of rotatable bonds is 2. The highest BCUT2D eigenvalue weighted by Gasteiger charge is 2.48. The lowest BCUT2D eigenvalue weighted by Crippen LogP contribution is -2.70. The molecule has 4 heteroatoms. The van der Waals surface area contributed by atoms with E-state index in [1.54, 1.807) is 6.07 Å². The maximum atomic E-state index is 10.1. The summed E-state index contributed by atoms with van der Waals surface area (Å²) in [5.41, 5.74) is 2.04. The van der Waals surface area contributed by atoms with E-state index in [4.69, 9.17) is 4.99 Å². The quantitative estimate of drug-likeness (QED) is 0.571. The van der Waals surface area contributed by atoms with Crippen LogP contribution in [0.4, 0.5) is 5.69 Å². The van der Waals surface area contributed by atoms with Gasteiger partial charge in [0, 0.05) is 3.57 Å². The zero-order valence-corrected chi connectivity index (χ0v) is 17.2. The number of hydrogen-bond acceptors (Lipinski definition) is 2. The Balaban J connectivity index is 2.58. The van der Waals surface area contributed by atoms with E-state index in [1.165, 1.54) is 13.9 Å². The van der Waals surface area contributed by atoms with Crippen LogP contribution in [0, 0.1) is 3.57 Å². The predicted octanol–water partition coefficient (Wildman–Crippen LogP) is 3.05. The standard InChI is InChI=1S/C19H22INOSi/c1-11(2)23(12(3)4)17-10-14(22)7-9-15(17)21-16-8-6-13(5)18(20)19(16)23/h6-12,22H,5H2,1-4H3. The summed E-state index contributed by atoms with van der Waals surface area (Å²) in [7, 11) is -2.09. The fourth-order valence-electron chi connectivity index (χ4n) is 4.18. The molecule has 0 amide bonds. The summed E-state index contributed by atoms with van der Waals surface area (Å²) in [6.45, 7) is 13.5. The van der Waals surface area contributed by atoms with E-state index in [0.29, 0.717) is 16.8 Å². The molecule has 1 heterocycles. The number of phenolic OH excluding ortho intramolecular Hbond substituents is 1. The minimum atomic E-state index is -2.09. The molecule has 0 aromatic heterocycles. The highest BCUT2D eigenvalue weighted by Crippen LogP contribution is 2.36. The van der Waals surface area contributed by atoms with Crippen LogP contribution in [0.2, 0.25) is 11.1 Å². The van der Waals surface area contributed by atoms with Gasteiger partial charge in [-0.2, -0.15) is 0 Å². The smallest absolute Gasteiger partial charge is 0.130 e. The fraction of sp³-hybridized carbons (Fsp3) is 0.316. The second kappa shape index (κ2) is 5.74. The molecule has 0 radical (unpaired) electrons. The van der Waals surface area contributed by atoms with Crippen molar-refractivity contribution in [3.63, 3.8) is 0 Å². The molecule has 0 saturated carbocycles. The molecule has 2 aromatic rings. The fourth-order valence-corrected chi connectivity index (χ4v) is 12.0. The second-order valence-corrected chi connectivity index (χ2v) is 13.1. The third kappa shape index (κ3) is 2.29. The van der Waals surface area contributed by atoms with Crippen LogP contribution in [0.3, 0.4) is 0 Å². The number of aromatic hydroxyl groups is 1. The van der Waals surface area contributed by atoms with E-state index in [0.717, 1.165) is 16.3 Å². The van der Waals surface area contributed by atoms with Crippen LogP contribution in [-0.2, 0) is 0 Å². The van der Waals surface area contributed by atoms with Gasteiger partial charge in [0.15, 0.2) is 0 Å². The lowest BCUT2D eigenvalue weighted by atomic mass is 10.2. The van der Waals surface area contributed by atoms with Gasteiger partial charge in [-0.3, -0.25) is 0 Å². The molecule has 0 saturated heterocycles. The molecule has 2 nitrogen and oxygen atoms in total. The Hall–Kier alpha value is -1.14. The minimum Gasteiger partial charge on any atom is -0.508 e. The number of benzene rings is 2. The highest BCUT2D eigenvalue weighted by molar-refractivity contribution is 14.1. The number of halogens is 1. The minimum absolute atomic E-state index is 0.335. The molecule has 0 spiro atoms. The van der Waals surface area contributed by atoms with Crippen LogP contribution in [0.5, 0.6) is 5.75 Å². The molecule has 1 aliphatic rings. The van der Waals surface area contributed by atoms with Crippen molar-refractivity contribution >= 4 is 53.3 Å². The normalized spacial score (nSPS) is 15.3. The summed E-state index contributed by atoms with van der Waals surface area (Å²) in [6, 6.07) is 9.84. The predicted molar refractivity (Wildman–Crippen MR) is 108 cm³/mol. The molecule has 0 aliphatic carbocycles. The molecule has 0 bridgehead atoms. The molecule has 0 unspecified atom stereocenters. The number of fused-ring (bicyclic) bond motifs is 2. The van der Waals surface area contributed by atoms with Crippen molar-refractivity contribution in [2.24, 2.45) is 4.99 Å². The van der Waals surface area contributed by atoms with Crippen molar-refractivity contribution in [2.75, 3.05) is 0 Å². The molecule has 1 aliphatic heterocycles. The van der Waals surface area contributed by atoms with Gasteiger partial charge in [0.25, 0.3) is 0 Å². The van der Waals surface area contributed by atoms with Crippen molar-refractivity contribution in [2.45, 2.75) is 38.8 Å². The zero-order valence-electron chi connectivity index (χ0n) is 14.0. The van der Waals surface area contributed by atoms with Crippen molar-refractivity contribution in [1.82, 2.24) is 0 Å². The Kier molecular flexibility index (Phi) is 4.17. The van der Waals surface area contributed by atoms with Gasteiger partial charge in [0.2, 0.25) is 0 Å². The van der Waals surface area contributed by atoms with Crippen LogP contribution in [-0.4, -0.2) is 13.2 Å². The van der Waals surface area contributed by atoms with Gasteiger partial charge >= 0.3 is 0 Å². The van der Waals surface area contributed by atoms with Gasteiger partial charge in [-0.1, -0.05) is 40.3 Å². The number of phenols is 1. The van der Waals surface area contributed by atoms with E-state index in [2.05, 4.69) is 69.0 Å². The maximum Gasteiger partial charge on any atom is 0.130 e. The topological polar surface area (TPSA) is 32.6 Å². The number of nitrogens with zero attached hydrogens (tertiary/aromatic N) is 1. The summed E-state index contributed by atoms with van der Waals surface area (Å²) in [5, 5.41) is 14.9. The largest absolute Gasteiger partial charge is 0.508 e. The van der Waals surface area contributed by atoms with E-state index in [9.17, 15) is 5.11 Å². The Labute approximate surface area is 152 Å². The van der Waals surface area contributed by atoms with Gasteiger partial charge < -0.3 is 5.11 Å². The lowest BCUT2D eigenvalue weighted by Gasteiger charge is -2.43. The summed E-state index contributed by atoms with van der Waals surface area (Å²) in [4.78, 5) is 4.90. The molecular formula is C19H22INOSi. The van der Waals surface area contributed by atoms with Crippen LogP contribution in [0.15, 0.2) is 35.3 Å². The maximum absolute atomic E-state index is 10.1. The zero-order chi connectivity index (χ0) is 16.9. The van der Waals surface area contributed by atoms with Crippen LogP contribution < -0.4 is 20.9 Å². The SMILES string of the molecule is C=c1ccc2c(c1I)[Si](C(C)C)(C(C)C)c1cc(O)ccc1N=2. The van der Waals surface area contributed by atoms with Crippen molar-refractivity contribution in [3.05, 3.63) is 44.5 Å². The van der Waals surface area contributed by atoms with Crippen LogP contribution >= 0.6 is 22.6 Å². The Morgan fingerprint density at radius 3 is 2.35 bits per heavy atom. The van der Waals surface area contributed by atoms with E-state index < -0.39 is 8.07 Å². The average molecular weight is 435 g/mol. The molecule has 23 heavy (non-hydrogen) atoms. The van der Waals surface area contributed by atoms with Gasteiger partial charge in [-0.05, 0) is 73.5 Å². The van der Waals surface area contributed by atoms with Gasteiger partial charge in [-0.25, -0.2) is 4.99 Å². The van der Waals surface area contributed by atoms with Crippen LogP contribution in [0.1, 0.15) is 27.7 Å². The first-order valence-corrected chi connectivity index (χ1v) is 11.2. The second-order valence-electron chi connectivity index (χ2n) is 6.92. The van der Waals surface area contributed by atoms with Crippen molar-refractivity contribution in [3.8, 4) is 5.75 Å². The third-order valence-corrected chi connectivity index (χ3v) is 13.1. The molecule has 0 atom stereocenters. The van der Waals surface area contributed by atoms with Crippen molar-refractivity contribution < 1.29 is 5.11 Å². The molecule has 2 aromatic carbocycles. The van der Waals surface area contributed by atoms with E-state index >= 15 is 0 Å². The van der Waals surface area contributed by atoms with E-state index in [-0.39, 0.29) is 0 Å². The number of hydrogen-bond donors (Lipinski definition) is 1.